The van der Waals surface area contributed by atoms with Crippen molar-refractivity contribution < 1.29 is 9.53 Å². The van der Waals surface area contributed by atoms with E-state index in [2.05, 4.69) is 4.57 Å². The maximum Gasteiger partial charge on any atom is 0.254 e. The van der Waals surface area contributed by atoms with Crippen LogP contribution < -0.4 is 4.74 Å². The second-order valence-electron chi connectivity index (χ2n) is 9.19. The van der Waals surface area contributed by atoms with Crippen molar-refractivity contribution in [2.45, 2.75) is 70.0 Å². The van der Waals surface area contributed by atoms with E-state index in [1.165, 1.54) is 12.8 Å². The number of carbonyl (C=O) groups is 1. The largest absolute Gasteiger partial charge is 0.495 e. The van der Waals surface area contributed by atoms with Gasteiger partial charge in [-0.2, -0.15) is 0 Å². The van der Waals surface area contributed by atoms with E-state index in [0.717, 1.165) is 55.4 Å². The first-order chi connectivity index (χ1) is 16.0. The van der Waals surface area contributed by atoms with E-state index >= 15 is 0 Å². The Hall–Kier alpha value is -2.24. The number of hydrogen-bond donors (Lipinski definition) is 0. The van der Waals surface area contributed by atoms with Crippen LogP contribution in [0.1, 0.15) is 73.6 Å². The van der Waals surface area contributed by atoms with Crippen LogP contribution in [0.4, 0.5) is 0 Å². The fourth-order valence-electron chi connectivity index (χ4n) is 5.50. The lowest BCUT2D eigenvalue weighted by Gasteiger charge is -2.30. The lowest BCUT2D eigenvalue weighted by molar-refractivity contribution is 0.0655. The molecule has 5 nitrogen and oxygen atoms in total. The molecule has 0 saturated heterocycles. The van der Waals surface area contributed by atoms with Crippen LogP contribution in [0.5, 0.6) is 5.75 Å². The smallest absolute Gasteiger partial charge is 0.254 e. The summed E-state index contributed by atoms with van der Waals surface area (Å²) in [6.45, 7) is 0.482. The molecule has 0 N–H and O–H groups in total. The standard InChI is InChI=1S/C26H29Cl2N3O2/c1-33-24-13-10-17(14-21(24)28)26(32)30(19-6-2-3-7-19)16-25-29-22-12-11-18(27)15-23(22)31(25)20-8-4-5-9-20/h10-15,19-20H,2-9,16H2,1H3. The average Bonchev–Trinajstić information content (AvgIpc) is 3.57. The van der Waals surface area contributed by atoms with E-state index in [-0.39, 0.29) is 11.9 Å². The van der Waals surface area contributed by atoms with Crippen LogP contribution in [0, 0.1) is 0 Å². The van der Waals surface area contributed by atoms with E-state index in [0.29, 0.717) is 33.9 Å². The molecule has 5 rings (SSSR count). The molecule has 0 radical (unpaired) electrons. The SMILES string of the molecule is COc1ccc(C(=O)N(Cc2nc3ccc(Cl)cc3n2C2CCCC2)C2CCCC2)cc1Cl. The minimum Gasteiger partial charge on any atom is -0.495 e. The lowest BCUT2D eigenvalue weighted by Crippen LogP contribution is -2.39. The number of nitrogens with zero attached hydrogens (tertiary/aromatic N) is 3. The van der Waals surface area contributed by atoms with Crippen molar-refractivity contribution in [2.75, 3.05) is 7.11 Å². The lowest BCUT2D eigenvalue weighted by atomic mass is 10.1. The molecule has 2 aromatic carbocycles. The van der Waals surface area contributed by atoms with E-state index in [1.54, 1.807) is 25.3 Å². The predicted octanol–water partition coefficient (Wildman–Crippen LogP) is 7.05. The van der Waals surface area contributed by atoms with Crippen molar-refractivity contribution in [3.8, 4) is 5.75 Å². The van der Waals surface area contributed by atoms with Crippen molar-refractivity contribution in [1.29, 1.82) is 0 Å². The van der Waals surface area contributed by atoms with Gasteiger partial charge in [-0.15, -0.1) is 0 Å². The summed E-state index contributed by atoms with van der Waals surface area (Å²) in [5.41, 5.74) is 2.59. The van der Waals surface area contributed by atoms with Crippen LogP contribution in [0.25, 0.3) is 11.0 Å². The molecule has 174 valence electrons. The Morgan fingerprint density at radius 3 is 2.48 bits per heavy atom. The van der Waals surface area contributed by atoms with Gasteiger partial charge in [-0.3, -0.25) is 4.79 Å². The molecule has 0 atom stereocenters. The third kappa shape index (κ3) is 4.45. The number of halogens is 2. The van der Waals surface area contributed by atoms with Gasteiger partial charge in [0.1, 0.15) is 11.6 Å². The summed E-state index contributed by atoms with van der Waals surface area (Å²) in [7, 11) is 1.58. The van der Waals surface area contributed by atoms with E-state index < -0.39 is 0 Å². The zero-order chi connectivity index (χ0) is 22.9. The summed E-state index contributed by atoms with van der Waals surface area (Å²) in [5.74, 6) is 1.51. The first-order valence-electron chi connectivity index (χ1n) is 11.9. The van der Waals surface area contributed by atoms with Crippen LogP contribution in [0.3, 0.4) is 0 Å². The van der Waals surface area contributed by atoms with Gasteiger partial charge in [0.05, 0.1) is 29.7 Å². The van der Waals surface area contributed by atoms with Crippen LogP contribution >= 0.6 is 23.2 Å². The molecule has 2 aliphatic rings. The number of imidazole rings is 1. The van der Waals surface area contributed by atoms with E-state index in [9.17, 15) is 4.79 Å². The Labute approximate surface area is 204 Å². The Morgan fingerprint density at radius 2 is 1.79 bits per heavy atom. The summed E-state index contributed by atoms with van der Waals surface area (Å²) in [6.07, 6.45) is 9.04. The molecule has 2 saturated carbocycles. The van der Waals surface area contributed by atoms with Gasteiger partial charge in [-0.05, 0) is 62.1 Å². The first-order valence-corrected chi connectivity index (χ1v) is 12.6. The Bertz CT molecular complexity index is 1160. The molecular formula is C26H29Cl2N3O2. The third-order valence-electron chi connectivity index (χ3n) is 7.15. The number of fused-ring (bicyclic) bond motifs is 1. The molecule has 0 aliphatic heterocycles. The highest BCUT2D eigenvalue weighted by atomic mass is 35.5. The quantitative estimate of drug-likeness (QED) is 0.375. The van der Waals surface area contributed by atoms with E-state index in [1.807, 2.05) is 23.1 Å². The number of aromatic nitrogens is 2. The zero-order valence-electron chi connectivity index (χ0n) is 18.9. The summed E-state index contributed by atoms with van der Waals surface area (Å²) in [5, 5.41) is 1.16. The van der Waals surface area contributed by atoms with Gasteiger partial charge in [-0.25, -0.2) is 4.98 Å². The van der Waals surface area contributed by atoms with Gasteiger partial charge >= 0.3 is 0 Å². The number of rotatable bonds is 6. The highest BCUT2D eigenvalue weighted by Gasteiger charge is 2.31. The van der Waals surface area contributed by atoms with Crippen molar-refractivity contribution in [2.24, 2.45) is 0 Å². The minimum atomic E-state index is -0.00508. The summed E-state index contributed by atoms with van der Waals surface area (Å²) < 4.78 is 7.62. The Morgan fingerprint density at radius 1 is 1.06 bits per heavy atom. The van der Waals surface area contributed by atoms with Crippen LogP contribution in [-0.4, -0.2) is 33.5 Å². The Kier molecular flexibility index (Phi) is 6.53. The molecule has 0 bridgehead atoms. The van der Waals surface area contributed by atoms with Crippen molar-refractivity contribution >= 4 is 40.1 Å². The van der Waals surface area contributed by atoms with Crippen LogP contribution in [0.2, 0.25) is 10.0 Å². The highest BCUT2D eigenvalue weighted by molar-refractivity contribution is 6.32. The van der Waals surface area contributed by atoms with Gasteiger partial charge in [0.2, 0.25) is 0 Å². The fourth-order valence-corrected chi connectivity index (χ4v) is 5.92. The van der Waals surface area contributed by atoms with Gasteiger partial charge in [-0.1, -0.05) is 48.9 Å². The maximum atomic E-state index is 13.8. The van der Waals surface area contributed by atoms with Crippen molar-refractivity contribution in [1.82, 2.24) is 14.5 Å². The first kappa shape index (κ1) is 22.5. The van der Waals surface area contributed by atoms with Crippen LogP contribution in [-0.2, 0) is 6.54 Å². The van der Waals surface area contributed by atoms with E-state index in [4.69, 9.17) is 32.9 Å². The molecule has 3 aromatic rings. The Balaban J connectivity index is 1.54. The molecule has 1 aromatic heterocycles. The molecule has 1 heterocycles. The maximum absolute atomic E-state index is 13.8. The number of benzene rings is 2. The summed E-state index contributed by atoms with van der Waals surface area (Å²) >= 11 is 12.7. The number of hydrogen-bond acceptors (Lipinski definition) is 3. The zero-order valence-corrected chi connectivity index (χ0v) is 20.4. The van der Waals surface area contributed by atoms with Gasteiger partial charge in [0.15, 0.2) is 0 Å². The van der Waals surface area contributed by atoms with Gasteiger partial charge < -0.3 is 14.2 Å². The predicted molar refractivity (Wildman–Crippen MR) is 132 cm³/mol. The third-order valence-corrected chi connectivity index (χ3v) is 7.68. The molecule has 2 aliphatic carbocycles. The molecule has 33 heavy (non-hydrogen) atoms. The molecular weight excluding hydrogens is 457 g/mol. The van der Waals surface area contributed by atoms with Crippen LogP contribution in [0.15, 0.2) is 36.4 Å². The topological polar surface area (TPSA) is 47.4 Å². The van der Waals surface area contributed by atoms with Gasteiger partial charge in [0, 0.05) is 22.7 Å². The molecule has 0 spiro atoms. The number of ether oxygens (including phenoxy) is 1. The second kappa shape index (κ2) is 9.55. The molecule has 7 heteroatoms. The normalized spacial score (nSPS) is 17.2. The van der Waals surface area contributed by atoms with Gasteiger partial charge in [0.25, 0.3) is 5.91 Å². The molecule has 2 fully saturated rings. The van der Waals surface area contributed by atoms with Crippen molar-refractivity contribution in [3.05, 3.63) is 57.8 Å². The monoisotopic (exact) mass is 485 g/mol. The van der Waals surface area contributed by atoms with Crippen molar-refractivity contribution in [3.63, 3.8) is 0 Å². The fraction of sp³-hybridized carbons (Fsp3) is 0.462. The minimum absolute atomic E-state index is 0.00508. The highest BCUT2D eigenvalue weighted by Crippen LogP contribution is 2.36. The second-order valence-corrected chi connectivity index (χ2v) is 10.0. The number of carbonyl (C=O) groups excluding carboxylic acids is 1. The average molecular weight is 486 g/mol. The summed E-state index contributed by atoms with van der Waals surface area (Å²) in [4.78, 5) is 20.8. The number of amides is 1. The molecule has 1 amide bonds. The molecule has 0 unspecified atom stereocenters. The summed E-state index contributed by atoms with van der Waals surface area (Å²) in [6, 6.07) is 11.8. The number of methoxy groups -OCH3 is 1.